The van der Waals surface area contributed by atoms with Gasteiger partial charge in [-0.15, -0.1) is 0 Å². The Hall–Kier alpha value is -2.48. The number of rotatable bonds is 5. The third kappa shape index (κ3) is 3.16. The number of piperidine rings is 1. The summed E-state index contributed by atoms with van der Waals surface area (Å²) in [6, 6.07) is 2.41. The molecule has 8 nitrogen and oxygen atoms in total. The third-order valence-corrected chi connectivity index (χ3v) is 5.20. The molecule has 3 aliphatic rings. The van der Waals surface area contributed by atoms with Gasteiger partial charge in [0.15, 0.2) is 0 Å². The van der Waals surface area contributed by atoms with Crippen molar-refractivity contribution in [2.45, 2.75) is 38.8 Å². The van der Waals surface area contributed by atoms with Crippen LogP contribution in [-0.4, -0.2) is 58.3 Å². The van der Waals surface area contributed by atoms with E-state index in [1.807, 2.05) is 6.07 Å². The molecule has 8 heteroatoms. The van der Waals surface area contributed by atoms with Crippen LogP contribution in [-0.2, 0) is 4.74 Å². The molecule has 3 aliphatic heterocycles. The van der Waals surface area contributed by atoms with Crippen molar-refractivity contribution in [2.24, 2.45) is 0 Å². The molecule has 2 atom stereocenters. The zero-order valence-electron chi connectivity index (χ0n) is 15.3. The SMILES string of the molecule is CCN(CC)c1nc(-c2cnc(N)nc2)cc(N2C[C@@H]3CC[C@H]2CO3)n1. The summed E-state index contributed by atoms with van der Waals surface area (Å²) < 4.78 is 5.85. The summed E-state index contributed by atoms with van der Waals surface area (Å²) in [6.07, 6.45) is 6.01. The van der Waals surface area contributed by atoms with Crippen molar-refractivity contribution < 1.29 is 4.74 Å². The standard InChI is InChI=1S/C18H25N7O/c1-3-24(4-2)18-22-15(12-8-20-17(19)21-9-12)7-16(23-18)25-10-14-6-5-13(25)11-26-14/h7-9,13-14H,3-6,10-11H2,1-2H3,(H2,19,20,21)/t13-,14-/m0/s1. The molecular formula is C18H25N7O. The topological polar surface area (TPSA) is 93.3 Å². The highest BCUT2D eigenvalue weighted by Gasteiger charge is 2.35. The molecule has 3 fully saturated rings. The number of nitrogens with two attached hydrogens (primary N) is 1. The molecule has 0 aromatic carbocycles. The number of aromatic nitrogens is 4. The van der Waals surface area contributed by atoms with Gasteiger partial charge >= 0.3 is 0 Å². The van der Waals surface area contributed by atoms with Crippen LogP contribution in [0.2, 0.25) is 0 Å². The average Bonchev–Trinajstić information content (AvgIpc) is 2.70. The first-order valence-corrected chi connectivity index (χ1v) is 9.28. The Balaban J connectivity index is 1.76. The van der Waals surface area contributed by atoms with Crippen molar-refractivity contribution in [3.8, 4) is 11.3 Å². The second-order valence-electron chi connectivity index (χ2n) is 6.75. The van der Waals surface area contributed by atoms with Gasteiger partial charge in [0.25, 0.3) is 0 Å². The zero-order valence-corrected chi connectivity index (χ0v) is 15.3. The molecule has 0 radical (unpaired) electrons. The molecule has 2 aromatic heterocycles. The maximum Gasteiger partial charge on any atom is 0.227 e. The summed E-state index contributed by atoms with van der Waals surface area (Å²) in [7, 11) is 0. The molecule has 0 saturated carbocycles. The Morgan fingerprint density at radius 2 is 1.96 bits per heavy atom. The minimum atomic E-state index is 0.262. The number of hydrogen-bond acceptors (Lipinski definition) is 8. The lowest BCUT2D eigenvalue weighted by atomic mass is 9.97. The lowest BCUT2D eigenvalue weighted by Crippen LogP contribution is -2.55. The Labute approximate surface area is 153 Å². The minimum Gasteiger partial charge on any atom is -0.374 e. The van der Waals surface area contributed by atoms with E-state index >= 15 is 0 Å². The lowest BCUT2D eigenvalue weighted by Gasteiger charge is -2.45. The number of nitrogens with zero attached hydrogens (tertiary/aromatic N) is 6. The van der Waals surface area contributed by atoms with E-state index in [-0.39, 0.29) is 5.95 Å². The van der Waals surface area contributed by atoms with Gasteiger partial charge in [0.2, 0.25) is 11.9 Å². The van der Waals surface area contributed by atoms with E-state index in [1.165, 1.54) is 0 Å². The monoisotopic (exact) mass is 355 g/mol. The second-order valence-corrected chi connectivity index (χ2v) is 6.75. The number of fused-ring (bicyclic) bond motifs is 3. The minimum absolute atomic E-state index is 0.262. The van der Waals surface area contributed by atoms with Crippen LogP contribution < -0.4 is 15.5 Å². The largest absolute Gasteiger partial charge is 0.374 e. The predicted octanol–water partition coefficient (Wildman–Crippen LogP) is 1.73. The van der Waals surface area contributed by atoms with Crippen LogP contribution >= 0.6 is 0 Å². The van der Waals surface area contributed by atoms with E-state index < -0.39 is 0 Å². The van der Waals surface area contributed by atoms with Gasteiger partial charge in [-0.2, -0.15) is 4.98 Å². The fourth-order valence-electron chi connectivity index (χ4n) is 3.67. The molecule has 2 N–H and O–H groups in total. The second kappa shape index (κ2) is 7.03. The summed E-state index contributed by atoms with van der Waals surface area (Å²) in [4.78, 5) is 22.4. The summed E-state index contributed by atoms with van der Waals surface area (Å²) in [5.74, 6) is 1.95. The van der Waals surface area contributed by atoms with Crippen LogP contribution in [0, 0.1) is 0 Å². The first kappa shape index (κ1) is 17.0. The fraction of sp³-hybridized carbons (Fsp3) is 0.556. The zero-order chi connectivity index (χ0) is 18.1. The molecule has 2 bridgehead atoms. The Bertz CT molecular complexity index is 755. The average molecular weight is 355 g/mol. The van der Waals surface area contributed by atoms with Crippen molar-refractivity contribution >= 4 is 17.7 Å². The highest BCUT2D eigenvalue weighted by molar-refractivity contribution is 5.64. The summed E-state index contributed by atoms with van der Waals surface area (Å²) in [5, 5.41) is 0. The highest BCUT2D eigenvalue weighted by atomic mass is 16.5. The van der Waals surface area contributed by atoms with E-state index in [0.29, 0.717) is 12.1 Å². The Kier molecular flexibility index (Phi) is 4.58. The van der Waals surface area contributed by atoms with Gasteiger partial charge in [0.1, 0.15) is 5.82 Å². The van der Waals surface area contributed by atoms with Crippen LogP contribution in [0.15, 0.2) is 18.5 Å². The first-order valence-electron chi connectivity index (χ1n) is 9.28. The van der Waals surface area contributed by atoms with Crippen LogP contribution in [0.1, 0.15) is 26.7 Å². The van der Waals surface area contributed by atoms with Gasteiger partial charge in [0, 0.05) is 43.7 Å². The molecular weight excluding hydrogens is 330 g/mol. The molecule has 0 aliphatic carbocycles. The summed E-state index contributed by atoms with van der Waals surface area (Å²) >= 11 is 0. The smallest absolute Gasteiger partial charge is 0.227 e. The highest BCUT2D eigenvalue weighted by Crippen LogP contribution is 2.32. The molecule has 138 valence electrons. The van der Waals surface area contributed by atoms with Crippen molar-refractivity contribution in [1.82, 2.24) is 19.9 Å². The molecule has 5 rings (SSSR count). The fourth-order valence-corrected chi connectivity index (χ4v) is 3.67. The summed E-state index contributed by atoms with van der Waals surface area (Å²) in [5.41, 5.74) is 7.29. The lowest BCUT2D eigenvalue weighted by molar-refractivity contribution is -0.0228. The quantitative estimate of drug-likeness (QED) is 0.867. The van der Waals surface area contributed by atoms with Crippen LogP contribution in [0.4, 0.5) is 17.7 Å². The molecule has 26 heavy (non-hydrogen) atoms. The van der Waals surface area contributed by atoms with Gasteiger partial charge in [-0.25, -0.2) is 15.0 Å². The number of anilines is 3. The molecule has 2 aromatic rings. The molecule has 3 saturated heterocycles. The normalized spacial score (nSPS) is 21.8. The van der Waals surface area contributed by atoms with Gasteiger partial charge in [-0.1, -0.05) is 0 Å². The van der Waals surface area contributed by atoms with Gasteiger partial charge < -0.3 is 20.3 Å². The number of hydrogen-bond donors (Lipinski definition) is 1. The van der Waals surface area contributed by atoms with E-state index in [1.54, 1.807) is 12.4 Å². The maximum atomic E-state index is 5.85. The van der Waals surface area contributed by atoms with E-state index in [0.717, 1.165) is 62.1 Å². The van der Waals surface area contributed by atoms with Gasteiger partial charge in [-0.05, 0) is 26.7 Å². The third-order valence-electron chi connectivity index (χ3n) is 5.20. The molecule has 0 unspecified atom stereocenters. The van der Waals surface area contributed by atoms with Crippen molar-refractivity contribution in [3.63, 3.8) is 0 Å². The maximum absolute atomic E-state index is 5.85. The first-order chi connectivity index (χ1) is 12.7. The van der Waals surface area contributed by atoms with E-state index in [2.05, 4.69) is 33.6 Å². The van der Waals surface area contributed by atoms with Crippen molar-refractivity contribution in [2.75, 3.05) is 41.8 Å². The van der Waals surface area contributed by atoms with Crippen molar-refractivity contribution in [3.05, 3.63) is 18.5 Å². The van der Waals surface area contributed by atoms with Crippen LogP contribution in [0.5, 0.6) is 0 Å². The number of morpholine rings is 1. The molecule has 0 amide bonds. The van der Waals surface area contributed by atoms with Gasteiger partial charge in [0.05, 0.1) is 24.4 Å². The molecule has 0 spiro atoms. The van der Waals surface area contributed by atoms with Crippen LogP contribution in [0.25, 0.3) is 11.3 Å². The number of ether oxygens (including phenoxy) is 1. The summed E-state index contributed by atoms with van der Waals surface area (Å²) in [6.45, 7) is 7.59. The Morgan fingerprint density at radius 3 is 2.54 bits per heavy atom. The van der Waals surface area contributed by atoms with Crippen molar-refractivity contribution in [1.29, 1.82) is 0 Å². The predicted molar refractivity (Wildman–Crippen MR) is 101 cm³/mol. The van der Waals surface area contributed by atoms with Crippen LogP contribution in [0.3, 0.4) is 0 Å². The molecule has 5 heterocycles. The van der Waals surface area contributed by atoms with Gasteiger partial charge in [-0.3, -0.25) is 0 Å². The van der Waals surface area contributed by atoms with E-state index in [4.69, 9.17) is 20.4 Å². The number of nitrogen functional groups attached to an aromatic ring is 1. The van der Waals surface area contributed by atoms with E-state index in [9.17, 15) is 0 Å². The Morgan fingerprint density at radius 1 is 1.19 bits per heavy atom.